The Balaban J connectivity index is 1.72. The van der Waals surface area contributed by atoms with E-state index in [1.54, 1.807) is 6.92 Å². The summed E-state index contributed by atoms with van der Waals surface area (Å²) in [6, 6.07) is 2.74. The van der Waals surface area contributed by atoms with E-state index in [2.05, 4.69) is 20.1 Å². The Bertz CT molecular complexity index is 935. The predicted molar refractivity (Wildman–Crippen MR) is 91.2 cm³/mol. The fourth-order valence-corrected chi connectivity index (χ4v) is 3.40. The van der Waals surface area contributed by atoms with Crippen LogP contribution in [0.15, 0.2) is 29.0 Å². The second kappa shape index (κ2) is 6.90. The zero-order chi connectivity index (χ0) is 18.1. The Labute approximate surface area is 149 Å². The number of aromatic nitrogens is 4. The molecule has 1 fully saturated rings. The van der Waals surface area contributed by atoms with Crippen LogP contribution in [-0.4, -0.2) is 20.1 Å². The van der Waals surface area contributed by atoms with Crippen molar-refractivity contribution in [3.05, 3.63) is 47.7 Å². The molecule has 5 nitrogen and oxygen atoms in total. The van der Waals surface area contributed by atoms with Crippen molar-refractivity contribution >= 4 is 0 Å². The molecule has 0 aliphatic heterocycles. The van der Waals surface area contributed by atoms with Crippen LogP contribution in [0.3, 0.4) is 0 Å². The van der Waals surface area contributed by atoms with E-state index in [1.807, 2.05) is 0 Å². The quantitative estimate of drug-likeness (QED) is 0.673. The van der Waals surface area contributed by atoms with Gasteiger partial charge in [-0.15, -0.1) is 0 Å². The van der Waals surface area contributed by atoms with Gasteiger partial charge in [-0.05, 0) is 31.9 Å². The molecule has 0 amide bonds. The molecule has 26 heavy (non-hydrogen) atoms. The van der Waals surface area contributed by atoms with Gasteiger partial charge in [0.05, 0.1) is 11.9 Å². The minimum atomic E-state index is -0.530. The summed E-state index contributed by atoms with van der Waals surface area (Å²) < 4.78 is 33.4. The van der Waals surface area contributed by atoms with E-state index in [1.165, 1.54) is 24.8 Å². The average Bonchev–Trinajstić information content (AvgIpc) is 3.15. The molecule has 0 unspecified atom stereocenters. The summed E-state index contributed by atoms with van der Waals surface area (Å²) in [5.41, 5.74) is 1.13. The zero-order valence-electron chi connectivity index (χ0n) is 14.4. The van der Waals surface area contributed by atoms with Gasteiger partial charge in [-0.3, -0.25) is 4.98 Å². The average molecular weight is 356 g/mol. The van der Waals surface area contributed by atoms with Gasteiger partial charge in [-0.25, -0.2) is 13.8 Å². The molecular formula is C19H18F2N4O. The number of hydrogen-bond donors (Lipinski definition) is 0. The largest absolute Gasteiger partial charge is 0.339 e. The lowest BCUT2D eigenvalue weighted by molar-refractivity contribution is 0.314. The minimum Gasteiger partial charge on any atom is -0.339 e. The summed E-state index contributed by atoms with van der Waals surface area (Å²) in [4.78, 5) is 12.5. The number of aryl methyl sites for hydroxylation is 1. The molecule has 3 aromatic heterocycles. The van der Waals surface area contributed by atoms with E-state index < -0.39 is 11.6 Å². The van der Waals surface area contributed by atoms with Crippen molar-refractivity contribution in [3.63, 3.8) is 0 Å². The molecule has 1 aliphatic rings. The number of hydrogen-bond acceptors (Lipinski definition) is 5. The number of rotatable bonds is 3. The molecular weight excluding hydrogens is 338 g/mol. The number of nitrogens with zero attached hydrogens (tertiary/aromatic N) is 4. The van der Waals surface area contributed by atoms with E-state index in [-0.39, 0.29) is 17.2 Å². The highest BCUT2D eigenvalue weighted by Crippen LogP contribution is 2.33. The van der Waals surface area contributed by atoms with Gasteiger partial charge in [0.2, 0.25) is 11.7 Å². The van der Waals surface area contributed by atoms with Crippen molar-refractivity contribution in [1.82, 2.24) is 20.1 Å². The number of halogens is 2. The topological polar surface area (TPSA) is 64.7 Å². The summed E-state index contributed by atoms with van der Waals surface area (Å²) in [6.07, 6.45) is 8.12. The molecule has 0 radical (unpaired) electrons. The summed E-state index contributed by atoms with van der Waals surface area (Å²) >= 11 is 0. The zero-order valence-corrected chi connectivity index (χ0v) is 14.4. The molecule has 3 heterocycles. The third-order valence-corrected chi connectivity index (χ3v) is 4.76. The third-order valence-electron chi connectivity index (χ3n) is 4.76. The van der Waals surface area contributed by atoms with Crippen LogP contribution in [0, 0.1) is 18.6 Å². The highest BCUT2D eigenvalue weighted by Gasteiger charge is 2.23. The maximum absolute atomic E-state index is 14.5. The van der Waals surface area contributed by atoms with Gasteiger partial charge in [0.15, 0.2) is 5.82 Å². The summed E-state index contributed by atoms with van der Waals surface area (Å²) in [5.74, 6) is 0.157. The van der Waals surface area contributed by atoms with E-state index >= 15 is 0 Å². The fourth-order valence-electron chi connectivity index (χ4n) is 3.40. The van der Waals surface area contributed by atoms with Crippen molar-refractivity contribution in [1.29, 1.82) is 0 Å². The van der Waals surface area contributed by atoms with Gasteiger partial charge in [-0.1, -0.05) is 24.4 Å². The standard InChI is InChI=1S/C19H18F2N4O/c1-11-17(21)15(13-7-14(20)10-22-9-13)8-16(23-11)18-24-19(26-25-18)12-5-3-2-4-6-12/h7-10,12H,2-6H2,1H3. The van der Waals surface area contributed by atoms with Gasteiger partial charge < -0.3 is 4.52 Å². The molecule has 3 aromatic rings. The van der Waals surface area contributed by atoms with Crippen molar-refractivity contribution in [3.8, 4) is 22.6 Å². The molecule has 0 bridgehead atoms. The van der Waals surface area contributed by atoms with Crippen LogP contribution in [0.5, 0.6) is 0 Å². The Kier molecular flexibility index (Phi) is 4.44. The third kappa shape index (κ3) is 3.21. The second-order valence-electron chi connectivity index (χ2n) is 6.64. The van der Waals surface area contributed by atoms with Crippen LogP contribution < -0.4 is 0 Å². The summed E-state index contributed by atoms with van der Waals surface area (Å²) in [7, 11) is 0. The first-order chi connectivity index (χ1) is 12.6. The minimum absolute atomic E-state index is 0.186. The van der Waals surface area contributed by atoms with E-state index in [4.69, 9.17) is 4.52 Å². The first-order valence-corrected chi connectivity index (χ1v) is 8.74. The van der Waals surface area contributed by atoms with E-state index in [0.29, 0.717) is 23.0 Å². The molecule has 134 valence electrons. The van der Waals surface area contributed by atoms with Gasteiger partial charge in [0.25, 0.3) is 0 Å². The van der Waals surface area contributed by atoms with Crippen LogP contribution in [0.1, 0.15) is 49.6 Å². The van der Waals surface area contributed by atoms with Crippen molar-refractivity contribution in [2.24, 2.45) is 0 Å². The van der Waals surface area contributed by atoms with Crippen molar-refractivity contribution in [2.75, 3.05) is 0 Å². The molecule has 7 heteroatoms. The normalized spacial score (nSPS) is 15.3. The van der Waals surface area contributed by atoms with Crippen LogP contribution >= 0.6 is 0 Å². The SMILES string of the molecule is Cc1nc(-c2noc(C3CCCCC3)n2)cc(-c2cncc(F)c2)c1F. The summed E-state index contributed by atoms with van der Waals surface area (Å²) in [5, 5.41) is 4.02. The molecule has 0 saturated heterocycles. The van der Waals surface area contributed by atoms with Crippen LogP contribution in [0.25, 0.3) is 22.6 Å². The monoisotopic (exact) mass is 356 g/mol. The fraction of sp³-hybridized carbons (Fsp3) is 0.368. The lowest BCUT2D eigenvalue weighted by Gasteiger charge is -2.17. The Hall–Kier alpha value is -2.70. The maximum atomic E-state index is 14.5. The van der Waals surface area contributed by atoms with Crippen LogP contribution in [0.2, 0.25) is 0 Å². The lowest BCUT2D eigenvalue weighted by Crippen LogP contribution is -2.04. The molecule has 0 aromatic carbocycles. The van der Waals surface area contributed by atoms with Gasteiger partial charge in [0, 0.05) is 23.2 Å². The van der Waals surface area contributed by atoms with E-state index in [0.717, 1.165) is 31.9 Å². The molecule has 0 spiro atoms. The first kappa shape index (κ1) is 16.8. The van der Waals surface area contributed by atoms with E-state index in [9.17, 15) is 8.78 Å². The van der Waals surface area contributed by atoms with Crippen molar-refractivity contribution in [2.45, 2.75) is 44.9 Å². The van der Waals surface area contributed by atoms with Crippen LogP contribution in [-0.2, 0) is 0 Å². The van der Waals surface area contributed by atoms with Gasteiger partial charge in [0.1, 0.15) is 11.5 Å². The molecule has 4 rings (SSSR count). The molecule has 1 saturated carbocycles. The van der Waals surface area contributed by atoms with Gasteiger partial charge >= 0.3 is 0 Å². The van der Waals surface area contributed by atoms with Crippen molar-refractivity contribution < 1.29 is 13.3 Å². The second-order valence-corrected chi connectivity index (χ2v) is 6.64. The first-order valence-electron chi connectivity index (χ1n) is 8.74. The molecule has 0 atom stereocenters. The smallest absolute Gasteiger partial charge is 0.230 e. The van der Waals surface area contributed by atoms with Gasteiger partial charge in [-0.2, -0.15) is 4.98 Å². The Morgan fingerprint density at radius 2 is 1.85 bits per heavy atom. The Morgan fingerprint density at radius 1 is 1.04 bits per heavy atom. The summed E-state index contributed by atoms with van der Waals surface area (Å²) in [6.45, 7) is 1.55. The highest BCUT2D eigenvalue weighted by molar-refractivity contribution is 5.68. The maximum Gasteiger partial charge on any atom is 0.230 e. The Morgan fingerprint density at radius 3 is 2.62 bits per heavy atom. The predicted octanol–water partition coefficient (Wildman–Crippen LogP) is 4.83. The lowest BCUT2D eigenvalue weighted by atomic mass is 9.89. The van der Waals surface area contributed by atoms with Crippen LogP contribution in [0.4, 0.5) is 8.78 Å². The molecule has 0 N–H and O–H groups in total. The molecule has 1 aliphatic carbocycles. The number of pyridine rings is 2. The highest BCUT2D eigenvalue weighted by atomic mass is 19.1.